The van der Waals surface area contributed by atoms with Crippen molar-refractivity contribution in [2.45, 2.75) is 32.3 Å². The lowest BCUT2D eigenvalue weighted by Crippen LogP contribution is -2.09. The monoisotopic (exact) mass is 264 g/mol. The van der Waals surface area contributed by atoms with Crippen molar-refractivity contribution in [3.8, 4) is 0 Å². The lowest BCUT2D eigenvalue weighted by atomic mass is 10.1. The fourth-order valence-corrected chi connectivity index (χ4v) is 2.77. The van der Waals surface area contributed by atoms with Crippen LogP contribution in [0.3, 0.4) is 0 Å². The molecule has 5 nitrogen and oxygen atoms in total. The van der Waals surface area contributed by atoms with Gasteiger partial charge in [-0.2, -0.15) is 0 Å². The van der Waals surface area contributed by atoms with Crippen LogP contribution in [0.2, 0.25) is 0 Å². The Morgan fingerprint density at radius 1 is 1.44 bits per heavy atom. The molecule has 0 aliphatic heterocycles. The van der Waals surface area contributed by atoms with Gasteiger partial charge in [-0.25, -0.2) is 8.42 Å². The number of hydrogen-bond donors (Lipinski definition) is 1. The molecule has 0 aromatic carbocycles. The molecule has 0 saturated carbocycles. The van der Waals surface area contributed by atoms with Crippen LogP contribution in [0.5, 0.6) is 0 Å². The molecule has 0 aliphatic rings. The topological polar surface area (TPSA) is 80.2 Å². The predicted molar refractivity (Wildman–Crippen MR) is 63.3 cm³/mol. The standard InChI is InChI=1S/C9H16N2O3S2/c1-6(2)8-9(15-11-10-8)7(12)4-5-16(3,13)14/h6-7,12H,4-5H2,1-3H3. The molecule has 0 spiro atoms. The molecule has 1 N–H and O–H groups in total. The molecule has 0 aliphatic carbocycles. The largest absolute Gasteiger partial charge is 0.387 e. The van der Waals surface area contributed by atoms with Gasteiger partial charge in [0.05, 0.1) is 22.4 Å². The highest BCUT2D eigenvalue weighted by Crippen LogP contribution is 2.28. The van der Waals surface area contributed by atoms with E-state index in [1.165, 1.54) is 0 Å². The average molecular weight is 264 g/mol. The first-order chi connectivity index (χ1) is 7.31. The van der Waals surface area contributed by atoms with Crippen LogP contribution in [0.15, 0.2) is 0 Å². The van der Waals surface area contributed by atoms with Crippen molar-refractivity contribution in [3.63, 3.8) is 0 Å². The normalized spacial score (nSPS) is 14.3. The van der Waals surface area contributed by atoms with Crippen molar-refractivity contribution in [2.75, 3.05) is 12.0 Å². The molecule has 1 aromatic heterocycles. The Balaban J connectivity index is 2.73. The number of rotatable bonds is 5. The minimum Gasteiger partial charge on any atom is -0.387 e. The molecule has 0 saturated heterocycles. The summed E-state index contributed by atoms with van der Waals surface area (Å²) in [5.74, 6) is 0.158. The maximum Gasteiger partial charge on any atom is 0.147 e. The number of aromatic nitrogens is 2. The van der Waals surface area contributed by atoms with Gasteiger partial charge >= 0.3 is 0 Å². The minimum absolute atomic E-state index is 0.0242. The molecule has 7 heteroatoms. The molecule has 16 heavy (non-hydrogen) atoms. The van der Waals surface area contributed by atoms with Gasteiger partial charge in [0.25, 0.3) is 0 Å². The van der Waals surface area contributed by atoms with Crippen LogP contribution < -0.4 is 0 Å². The summed E-state index contributed by atoms with van der Waals surface area (Å²) in [5.41, 5.74) is 0.756. The highest BCUT2D eigenvalue weighted by Gasteiger charge is 2.20. The molecule has 1 heterocycles. The Kier molecular flexibility index (Phi) is 4.40. The zero-order valence-electron chi connectivity index (χ0n) is 9.54. The van der Waals surface area contributed by atoms with Crippen LogP contribution in [0, 0.1) is 0 Å². The number of aliphatic hydroxyl groups is 1. The van der Waals surface area contributed by atoms with Gasteiger partial charge in [0, 0.05) is 6.26 Å². The molecule has 0 radical (unpaired) electrons. The summed E-state index contributed by atoms with van der Waals surface area (Å²) in [6, 6.07) is 0. The lowest BCUT2D eigenvalue weighted by Gasteiger charge is -2.10. The van der Waals surface area contributed by atoms with Crippen molar-refractivity contribution in [2.24, 2.45) is 0 Å². The molecule has 0 fully saturated rings. The van der Waals surface area contributed by atoms with Gasteiger partial charge in [0.15, 0.2) is 0 Å². The Morgan fingerprint density at radius 2 is 2.06 bits per heavy atom. The van der Waals surface area contributed by atoms with Gasteiger partial charge in [-0.3, -0.25) is 0 Å². The second-order valence-corrected chi connectivity index (χ2v) is 7.16. The van der Waals surface area contributed by atoms with E-state index in [0.29, 0.717) is 4.88 Å². The van der Waals surface area contributed by atoms with E-state index in [-0.39, 0.29) is 18.1 Å². The second-order valence-electron chi connectivity index (χ2n) is 4.11. The molecular weight excluding hydrogens is 248 g/mol. The number of hydrogen-bond acceptors (Lipinski definition) is 6. The molecular formula is C9H16N2O3S2. The van der Waals surface area contributed by atoms with Crippen LogP contribution in [-0.4, -0.2) is 35.1 Å². The Morgan fingerprint density at radius 3 is 2.56 bits per heavy atom. The van der Waals surface area contributed by atoms with E-state index in [9.17, 15) is 13.5 Å². The zero-order valence-corrected chi connectivity index (χ0v) is 11.2. The first-order valence-electron chi connectivity index (χ1n) is 4.99. The van der Waals surface area contributed by atoms with Crippen LogP contribution >= 0.6 is 11.5 Å². The van der Waals surface area contributed by atoms with Crippen molar-refractivity contribution >= 4 is 21.4 Å². The van der Waals surface area contributed by atoms with E-state index < -0.39 is 15.9 Å². The fourth-order valence-electron chi connectivity index (χ4n) is 1.29. The number of nitrogens with zero attached hydrogens (tertiary/aromatic N) is 2. The number of sulfone groups is 1. The fraction of sp³-hybridized carbons (Fsp3) is 0.778. The second kappa shape index (κ2) is 5.20. The first kappa shape index (κ1) is 13.5. The average Bonchev–Trinajstić information content (AvgIpc) is 2.61. The van der Waals surface area contributed by atoms with Gasteiger partial charge < -0.3 is 5.11 Å². The summed E-state index contributed by atoms with van der Waals surface area (Å²) in [4.78, 5) is 0.679. The van der Waals surface area contributed by atoms with E-state index >= 15 is 0 Å². The molecule has 1 aromatic rings. The van der Waals surface area contributed by atoms with Gasteiger partial charge in [-0.1, -0.05) is 18.3 Å². The van der Waals surface area contributed by atoms with Crippen LogP contribution in [0.4, 0.5) is 0 Å². The van der Waals surface area contributed by atoms with Crippen LogP contribution in [0.1, 0.15) is 42.9 Å². The molecule has 1 unspecified atom stereocenters. The third kappa shape index (κ3) is 3.80. The van der Waals surface area contributed by atoms with Gasteiger partial charge in [-0.05, 0) is 23.9 Å². The minimum atomic E-state index is -3.04. The summed E-state index contributed by atoms with van der Waals surface area (Å²) in [7, 11) is -3.04. The number of aliphatic hydroxyl groups excluding tert-OH is 1. The molecule has 0 amide bonds. The lowest BCUT2D eigenvalue weighted by molar-refractivity contribution is 0.176. The summed E-state index contributed by atoms with van der Waals surface area (Å²) < 4.78 is 25.8. The first-order valence-corrected chi connectivity index (χ1v) is 7.82. The predicted octanol–water partition coefficient (Wildman–Crippen LogP) is 1.13. The van der Waals surface area contributed by atoms with E-state index in [1.807, 2.05) is 13.8 Å². The van der Waals surface area contributed by atoms with Crippen molar-refractivity contribution in [1.29, 1.82) is 0 Å². The maximum atomic E-state index is 11.0. The Hall–Kier alpha value is -0.530. The highest BCUT2D eigenvalue weighted by atomic mass is 32.2. The Labute approximate surface area is 99.6 Å². The zero-order chi connectivity index (χ0) is 12.3. The van der Waals surface area contributed by atoms with E-state index in [1.54, 1.807) is 0 Å². The quantitative estimate of drug-likeness (QED) is 0.862. The van der Waals surface area contributed by atoms with E-state index in [4.69, 9.17) is 0 Å². The third-order valence-corrected chi connectivity index (χ3v) is 3.97. The molecule has 0 bridgehead atoms. The van der Waals surface area contributed by atoms with E-state index in [2.05, 4.69) is 9.59 Å². The summed E-state index contributed by atoms with van der Waals surface area (Å²) >= 11 is 1.13. The Bertz CT molecular complexity index is 439. The molecule has 1 atom stereocenters. The molecule has 1 rings (SSSR count). The smallest absolute Gasteiger partial charge is 0.147 e. The van der Waals surface area contributed by atoms with Gasteiger partial charge in [0.1, 0.15) is 9.84 Å². The summed E-state index contributed by atoms with van der Waals surface area (Å²) in [6.45, 7) is 3.92. The third-order valence-electron chi connectivity index (χ3n) is 2.15. The molecule has 92 valence electrons. The highest BCUT2D eigenvalue weighted by molar-refractivity contribution is 7.90. The van der Waals surface area contributed by atoms with Crippen LogP contribution in [0.25, 0.3) is 0 Å². The van der Waals surface area contributed by atoms with Crippen molar-refractivity contribution in [3.05, 3.63) is 10.6 Å². The van der Waals surface area contributed by atoms with Gasteiger partial charge in [-0.15, -0.1) is 5.10 Å². The van der Waals surface area contributed by atoms with Gasteiger partial charge in [0.2, 0.25) is 0 Å². The van der Waals surface area contributed by atoms with Crippen LogP contribution in [-0.2, 0) is 9.84 Å². The summed E-state index contributed by atoms with van der Waals surface area (Å²) in [6.07, 6.45) is 0.572. The SMILES string of the molecule is CC(C)c1nnsc1C(O)CCS(C)(=O)=O. The van der Waals surface area contributed by atoms with Crippen molar-refractivity contribution in [1.82, 2.24) is 9.59 Å². The van der Waals surface area contributed by atoms with Crippen molar-refractivity contribution < 1.29 is 13.5 Å². The maximum absolute atomic E-state index is 11.0. The van der Waals surface area contributed by atoms with E-state index in [0.717, 1.165) is 23.5 Å². The summed E-state index contributed by atoms with van der Waals surface area (Å²) in [5, 5.41) is 13.8.